The summed E-state index contributed by atoms with van der Waals surface area (Å²) >= 11 is 0. The summed E-state index contributed by atoms with van der Waals surface area (Å²) in [6.07, 6.45) is 2.57. The number of nitrogens with zero attached hydrogens (tertiary/aromatic N) is 3. The summed E-state index contributed by atoms with van der Waals surface area (Å²) in [5.41, 5.74) is 9.69. The molecule has 0 spiro atoms. The zero-order valence-corrected chi connectivity index (χ0v) is 10.2. The lowest BCUT2D eigenvalue weighted by molar-refractivity contribution is 0.900. The predicted molar refractivity (Wildman–Crippen MR) is 71.4 cm³/mol. The Morgan fingerprint density at radius 2 is 1.94 bits per heavy atom. The number of hydrogen-bond donors (Lipinski definition) is 1. The average molecular weight is 238 g/mol. The van der Waals surface area contributed by atoms with Gasteiger partial charge in [-0.1, -0.05) is 29.8 Å². The third-order valence-electron chi connectivity index (χ3n) is 2.89. The van der Waals surface area contributed by atoms with Gasteiger partial charge in [0.15, 0.2) is 11.5 Å². The Balaban J connectivity index is 1.92. The van der Waals surface area contributed by atoms with Crippen LogP contribution in [0.15, 0.2) is 42.6 Å². The van der Waals surface area contributed by atoms with Crippen molar-refractivity contribution in [3.63, 3.8) is 0 Å². The van der Waals surface area contributed by atoms with E-state index in [-0.39, 0.29) is 0 Å². The Morgan fingerprint density at radius 3 is 2.72 bits per heavy atom. The maximum absolute atomic E-state index is 5.72. The van der Waals surface area contributed by atoms with Gasteiger partial charge in [-0.25, -0.2) is 9.50 Å². The van der Waals surface area contributed by atoms with Gasteiger partial charge in [-0.05, 0) is 18.6 Å². The summed E-state index contributed by atoms with van der Waals surface area (Å²) in [6, 6.07) is 12.1. The van der Waals surface area contributed by atoms with Crippen LogP contribution in [-0.2, 0) is 6.42 Å². The Kier molecular flexibility index (Phi) is 2.48. The summed E-state index contributed by atoms with van der Waals surface area (Å²) in [6.45, 7) is 2.08. The molecule has 0 bridgehead atoms. The molecule has 3 rings (SSSR count). The van der Waals surface area contributed by atoms with Gasteiger partial charge in [0.2, 0.25) is 0 Å². The first-order valence-corrected chi connectivity index (χ1v) is 5.87. The number of benzene rings is 1. The molecular formula is C14H14N4. The van der Waals surface area contributed by atoms with Crippen LogP contribution in [0.1, 0.15) is 17.0 Å². The van der Waals surface area contributed by atoms with Crippen LogP contribution >= 0.6 is 0 Å². The van der Waals surface area contributed by atoms with Gasteiger partial charge in [0.25, 0.3) is 0 Å². The molecule has 0 aliphatic heterocycles. The number of fused-ring (bicyclic) bond motifs is 1. The number of aryl methyl sites for hydroxylation is 1. The van der Waals surface area contributed by atoms with Crippen LogP contribution in [0.3, 0.4) is 0 Å². The van der Waals surface area contributed by atoms with E-state index in [9.17, 15) is 0 Å². The second kappa shape index (κ2) is 4.14. The van der Waals surface area contributed by atoms with Crippen molar-refractivity contribution in [2.24, 2.45) is 0 Å². The zero-order chi connectivity index (χ0) is 12.5. The van der Waals surface area contributed by atoms with E-state index in [2.05, 4.69) is 41.3 Å². The minimum absolute atomic E-state index is 0.705. The Morgan fingerprint density at radius 1 is 1.17 bits per heavy atom. The molecule has 1 aromatic carbocycles. The molecule has 0 unspecified atom stereocenters. The van der Waals surface area contributed by atoms with E-state index in [0.29, 0.717) is 5.69 Å². The van der Waals surface area contributed by atoms with Crippen molar-refractivity contribution < 1.29 is 0 Å². The Bertz CT molecular complexity index is 683. The van der Waals surface area contributed by atoms with Crippen molar-refractivity contribution in [2.45, 2.75) is 13.3 Å². The van der Waals surface area contributed by atoms with E-state index in [4.69, 9.17) is 5.73 Å². The molecule has 2 aromatic heterocycles. The summed E-state index contributed by atoms with van der Waals surface area (Å²) in [4.78, 5) is 4.46. The summed E-state index contributed by atoms with van der Waals surface area (Å²) in [5.74, 6) is 0.810. The minimum Gasteiger partial charge on any atom is -0.399 e. The van der Waals surface area contributed by atoms with Gasteiger partial charge in [0.05, 0.1) is 0 Å². The molecule has 0 radical (unpaired) electrons. The fourth-order valence-corrected chi connectivity index (χ4v) is 1.91. The largest absolute Gasteiger partial charge is 0.399 e. The first kappa shape index (κ1) is 10.8. The van der Waals surface area contributed by atoms with Crippen molar-refractivity contribution >= 4 is 11.3 Å². The highest BCUT2D eigenvalue weighted by atomic mass is 15.3. The molecule has 0 aliphatic rings. The van der Waals surface area contributed by atoms with Crippen LogP contribution in [0, 0.1) is 6.92 Å². The molecule has 2 heterocycles. The zero-order valence-electron chi connectivity index (χ0n) is 10.2. The third-order valence-corrected chi connectivity index (χ3v) is 2.89. The van der Waals surface area contributed by atoms with Gasteiger partial charge < -0.3 is 5.73 Å². The average Bonchev–Trinajstić information content (AvgIpc) is 2.73. The van der Waals surface area contributed by atoms with Crippen molar-refractivity contribution in [3.8, 4) is 0 Å². The van der Waals surface area contributed by atoms with Gasteiger partial charge >= 0.3 is 0 Å². The number of anilines is 1. The highest BCUT2D eigenvalue weighted by Crippen LogP contribution is 2.11. The molecular weight excluding hydrogens is 224 g/mol. The van der Waals surface area contributed by atoms with Crippen molar-refractivity contribution in [3.05, 3.63) is 59.5 Å². The summed E-state index contributed by atoms with van der Waals surface area (Å²) < 4.78 is 1.75. The van der Waals surface area contributed by atoms with E-state index >= 15 is 0 Å². The lowest BCUT2D eigenvalue weighted by Crippen LogP contribution is -1.92. The Hall–Kier alpha value is -2.36. The van der Waals surface area contributed by atoms with Gasteiger partial charge in [0, 0.05) is 24.4 Å². The van der Waals surface area contributed by atoms with Crippen LogP contribution in [0.5, 0.6) is 0 Å². The van der Waals surface area contributed by atoms with E-state index in [0.717, 1.165) is 17.9 Å². The van der Waals surface area contributed by atoms with Gasteiger partial charge in [0.1, 0.15) is 0 Å². The van der Waals surface area contributed by atoms with Crippen LogP contribution in [-0.4, -0.2) is 14.6 Å². The quantitative estimate of drug-likeness (QED) is 0.744. The minimum atomic E-state index is 0.705. The molecule has 3 aromatic rings. The van der Waals surface area contributed by atoms with Crippen LogP contribution in [0.25, 0.3) is 5.65 Å². The summed E-state index contributed by atoms with van der Waals surface area (Å²) in [5, 5.41) is 4.42. The van der Waals surface area contributed by atoms with Crippen molar-refractivity contribution in [1.82, 2.24) is 14.6 Å². The molecule has 4 nitrogen and oxygen atoms in total. The normalized spacial score (nSPS) is 10.9. The fraction of sp³-hybridized carbons (Fsp3) is 0.143. The number of pyridine rings is 1. The molecule has 18 heavy (non-hydrogen) atoms. The predicted octanol–water partition coefficient (Wildman–Crippen LogP) is 2.21. The van der Waals surface area contributed by atoms with Gasteiger partial charge in [-0.2, -0.15) is 5.10 Å². The fourth-order valence-electron chi connectivity index (χ4n) is 1.91. The highest BCUT2D eigenvalue weighted by Gasteiger charge is 2.04. The molecule has 4 heteroatoms. The number of rotatable bonds is 2. The first-order valence-electron chi connectivity index (χ1n) is 5.87. The number of aromatic nitrogens is 3. The van der Waals surface area contributed by atoms with E-state index in [1.807, 2.05) is 18.3 Å². The SMILES string of the molecule is Cc1ccc(Cc2nc3cc(N)ccn3n2)cc1. The number of hydrogen-bond acceptors (Lipinski definition) is 3. The van der Waals surface area contributed by atoms with Crippen molar-refractivity contribution in [1.29, 1.82) is 0 Å². The van der Waals surface area contributed by atoms with Gasteiger partial charge in [-0.15, -0.1) is 0 Å². The Labute approximate surface area is 105 Å². The molecule has 2 N–H and O–H groups in total. The molecule has 0 saturated carbocycles. The highest BCUT2D eigenvalue weighted by molar-refractivity contribution is 5.50. The van der Waals surface area contributed by atoms with E-state index in [1.54, 1.807) is 4.52 Å². The molecule has 0 aliphatic carbocycles. The molecule has 0 fully saturated rings. The lowest BCUT2D eigenvalue weighted by atomic mass is 10.1. The van der Waals surface area contributed by atoms with Crippen LogP contribution < -0.4 is 5.73 Å². The second-order valence-electron chi connectivity index (χ2n) is 4.45. The van der Waals surface area contributed by atoms with E-state index in [1.165, 1.54) is 11.1 Å². The lowest BCUT2D eigenvalue weighted by Gasteiger charge is -1.97. The maximum Gasteiger partial charge on any atom is 0.157 e. The second-order valence-corrected chi connectivity index (χ2v) is 4.45. The van der Waals surface area contributed by atoms with Gasteiger partial charge in [-0.3, -0.25) is 0 Å². The topological polar surface area (TPSA) is 56.2 Å². The number of nitrogen functional groups attached to an aromatic ring is 1. The smallest absolute Gasteiger partial charge is 0.157 e. The molecule has 0 amide bonds. The molecule has 0 atom stereocenters. The molecule has 90 valence electrons. The van der Waals surface area contributed by atoms with Crippen molar-refractivity contribution in [2.75, 3.05) is 5.73 Å². The first-order chi connectivity index (χ1) is 8.70. The number of nitrogens with two attached hydrogens (primary N) is 1. The third kappa shape index (κ3) is 2.05. The monoisotopic (exact) mass is 238 g/mol. The summed E-state index contributed by atoms with van der Waals surface area (Å²) in [7, 11) is 0. The standard InChI is InChI=1S/C14H14N4/c1-10-2-4-11(5-3-10)8-13-16-14-9-12(15)6-7-18(14)17-13/h2-7,9H,8,15H2,1H3. The molecule has 0 saturated heterocycles. The van der Waals surface area contributed by atoms with Crippen LogP contribution in [0.2, 0.25) is 0 Å². The van der Waals surface area contributed by atoms with Crippen LogP contribution in [0.4, 0.5) is 5.69 Å². The maximum atomic E-state index is 5.72. The van der Waals surface area contributed by atoms with E-state index < -0.39 is 0 Å².